The van der Waals surface area contributed by atoms with E-state index in [1.807, 2.05) is 38.2 Å². The van der Waals surface area contributed by atoms with E-state index in [2.05, 4.69) is 47.0 Å². The van der Waals surface area contributed by atoms with Crippen molar-refractivity contribution >= 4 is 5.91 Å². The van der Waals surface area contributed by atoms with Crippen LogP contribution in [0.3, 0.4) is 0 Å². The number of amides is 1. The molecular weight excluding hydrogens is 296 g/mol. The molecule has 0 bridgehead atoms. The molecule has 0 heterocycles. The van der Waals surface area contributed by atoms with Crippen LogP contribution < -0.4 is 10.6 Å². The summed E-state index contributed by atoms with van der Waals surface area (Å²) >= 11 is 0. The molecule has 0 saturated carbocycles. The molecule has 3 heteroatoms. The van der Waals surface area contributed by atoms with E-state index in [1.165, 1.54) is 11.1 Å². The molecular formula is C21H28N2O. The third-order valence-electron chi connectivity index (χ3n) is 4.28. The molecule has 0 aliphatic carbocycles. The van der Waals surface area contributed by atoms with E-state index in [0.717, 1.165) is 19.3 Å². The Labute approximate surface area is 145 Å². The second kappa shape index (κ2) is 9.89. The normalized spacial score (nSPS) is 13.2. The molecule has 2 unspecified atom stereocenters. The lowest BCUT2D eigenvalue weighted by atomic mass is 9.98. The summed E-state index contributed by atoms with van der Waals surface area (Å²) in [6.07, 6.45) is 3.02. The van der Waals surface area contributed by atoms with Gasteiger partial charge in [-0.25, -0.2) is 0 Å². The Hall–Kier alpha value is -2.13. The minimum Gasteiger partial charge on any atom is -0.349 e. The summed E-state index contributed by atoms with van der Waals surface area (Å²) in [5, 5.41) is 6.29. The van der Waals surface area contributed by atoms with Crippen molar-refractivity contribution in [1.82, 2.24) is 10.6 Å². The van der Waals surface area contributed by atoms with Crippen molar-refractivity contribution in [3.8, 4) is 0 Å². The number of benzene rings is 2. The maximum Gasteiger partial charge on any atom is 0.224 e. The maximum absolute atomic E-state index is 12.4. The molecule has 0 fully saturated rings. The quantitative estimate of drug-likeness (QED) is 0.738. The Morgan fingerprint density at radius 1 is 1.00 bits per heavy atom. The van der Waals surface area contributed by atoms with E-state index in [4.69, 9.17) is 0 Å². The molecule has 2 atom stereocenters. The van der Waals surface area contributed by atoms with Crippen molar-refractivity contribution in [2.75, 3.05) is 13.6 Å². The molecule has 0 radical (unpaired) electrons. The van der Waals surface area contributed by atoms with Gasteiger partial charge in [0.15, 0.2) is 0 Å². The summed E-state index contributed by atoms with van der Waals surface area (Å²) in [5.41, 5.74) is 2.52. The fraction of sp³-hybridized carbons (Fsp3) is 0.381. The molecule has 3 nitrogen and oxygen atoms in total. The van der Waals surface area contributed by atoms with Crippen LogP contribution in [0, 0.1) is 5.92 Å². The summed E-state index contributed by atoms with van der Waals surface area (Å²) in [6, 6.07) is 20.8. The van der Waals surface area contributed by atoms with Crippen molar-refractivity contribution in [2.24, 2.45) is 5.92 Å². The number of aryl methyl sites for hydroxylation is 1. The zero-order chi connectivity index (χ0) is 17.2. The highest BCUT2D eigenvalue weighted by molar-refractivity contribution is 5.79. The number of nitrogens with one attached hydrogen (secondary N) is 2. The van der Waals surface area contributed by atoms with Gasteiger partial charge in [-0.15, -0.1) is 0 Å². The lowest BCUT2D eigenvalue weighted by molar-refractivity contribution is -0.125. The van der Waals surface area contributed by atoms with Crippen molar-refractivity contribution in [1.29, 1.82) is 0 Å². The highest BCUT2D eigenvalue weighted by atomic mass is 16.1. The molecule has 0 saturated heterocycles. The van der Waals surface area contributed by atoms with Crippen LogP contribution in [0.15, 0.2) is 60.7 Å². The summed E-state index contributed by atoms with van der Waals surface area (Å²) in [4.78, 5) is 12.4. The zero-order valence-corrected chi connectivity index (χ0v) is 14.7. The van der Waals surface area contributed by atoms with Crippen LogP contribution in [-0.2, 0) is 11.2 Å². The number of carbonyl (C=O) groups is 1. The molecule has 0 aliphatic heterocycles. The van der Waals surface area contributed by atoms with Crippen molar-refractivity contribution < 1.29 is 4.79 Å². The van der Waals surface area contributed by atoms with Gasteiger partial charge in [-0.2, -0.15) is 0 Å². The minimum absolute atomic E-state index is 0.0321. The average Bonchev–Trinajstić information content (AvgIpc) is 2.62. The van der Waals surface area contributed by atoms with Gasteiger partial charge in [0.2, 0.25) is 5.91 Å². The van der Waals surface area contributed by atoms with E-state index in [9.17, 15) is 4.79 Å². The third-order valence-corrected chi connectivity index (χ3v) is 4.28. The Morgan fingerprint density at radius 3 is 2.25 bits per heavy atom. The van der Waals surface area contributed by atoms with Gasteiger partial charge in [-0.3, -0.25) is 4.79 Å². The first-order chi connectivity index (χ1) is 11.7. The van der Waals surface area contributed by atoms with Gasteiger partial charge < -0.3 is 10.6 Å². The summed E-state index contributed by atoms with van der Waals surface area (Å²) in [6.45, 7) is 2.65. The minimum atomic E-state index is -0.0321. The van der Waals surface area contributed by atoms with Gasteiger partial charge in [0.25, 0.3) is 0 Å². The number of hydrogen-bond acceptors (Lipinski definition) is 2. The van der Waals surface area contributed by atoms with E-state index >= 15 is 0 Å². The molecule has 2 rings (SSSR count). The molecule has 2 aromatic carbocycles. The molecule has 1 amide bonds. The van der Waals surface area contributed by atoms with Crippen molar-refractivity contribution in [3.63, 3.8) is 0 Å². The lowest BCUT2D eigenvalue weighted by Crippen LogP contribution is -2.36. The summed E-state index contributed by atoms with van der Waals surface area (Å²) < 4.78 is 0. The van der Waals surface area contributed by atoms with Gasteiger partial charge >= 0.3 is 0 Å². The number of hydrogen-bond donors (Lipinski definition) is 2. The van der Waals surface area contributed by atoms with Gasteiger partial charge in [-0.1, -0.05) is 67.6 Å². The Kier molecular flexibility index (Phi) is 7.50. The smallest absolute Gasteiger partial charge is 0.224 e. The fourth-order valence-electron chi connectivity index (χ4n) is 2.88. The van der Waals surface area contributed by atoms with Crippen molar-refractivity contribution in [2.45, 2.75) is 32.2 Å². The predicted molar refractivity (Wildman–Crippen MR) is 99.8 cm³/mol. The van der Waals surface area contributed by atoms with Gasteiger partial charge in [0, 0.05) is 12.5 Å². The van der Waals surface area contributed by atoms with E-state index < -0.39 is 0 Å². The second-order valence-electron chi connectivity index (χ2n) is 6.31. The van der Waals surface area contributed by atoms with E-state index in [-0.39, 0.29) is 17.9 Å². The van der Waals surface area contributed by atoms with Crippen LogP contribution in [0.2, 0.25) is 0 Å². The summed E-state index contributed by atoms with van der Waals surface area (Å²) in [7, 11) is 1.87. The van der Waals surface area contributed by atoms with Crippen LogP contribution in [0.25, 0.3) is 0 Å². The molecule has 0 aliphatic rings. The lowest BCUT2D eigenvalue weighted by Gasteiger charge is -2.21. The summed E-state index contributed by atoms with van der Waals surface area (Å²) in [5.74, 6) is 0.0771. The van der Waals surface area contributed by atoms with Crippen molar-refractivity contribution in [3.05, 3.63) is 71.8 Å². The second-order valence-corrected chi connectivity index (χ2v) is 6.31. The standard InChI is InChI=1S/C21H28N2O/c1-17(16-22-2)21(24)23-20(19-13-7-4-8-14-19)15-9-12-18-10-5-3-6-11-18/h3-8,10-11,13-14,17,20,22H,9,12,15-16H2,1-2H3,(H,23,24). The maximum atomic E-state index is 12.4. The molecule has 0 aromatic heterocycles. The average molecular weight is 324 g/mol. The highest BCUT2D eigenvalue weighted by Crippen LogP contribution is 2.20. The van der Waals surface area contributed by atoms with Gasteiger partial charge in [0.05, 0.1) is 6.04 Å². The fourth-order valence-corrected chi connectivity index (χ4v) is 2.88. The van der Waals surface area contributed by atoms with Crippen LogP contribution in [0.1, 0.15) is 36.9 Å². The molecule has 0 spiro atoms. The monoisotopic (exact) mass is 324 g/mol. The van der Waals surface area contributed by atoms with Crippen LogP contribution in [-0.4, -0.2) is 19.5 Å². The molecule has 2 N–H and O–H groups in total. The van der Waals surface area contributed by atoms with Crippen LogP contribution in [0.5, 0.6) is 0 Å². The third kappa shape index (κ3) is 5.82. The Bertz CT molecular complexity index is 598. The molecule has 2 aromatic rings. The number of carbonyl (C=O) groups excluding carboxylic acids is 1. The predicted octanol–water partition coefficient (Wildman–Crippen LogP) is 3.72. The SMILES string of the molecule is CNCC(C)C(=O)NC(CCCc1ccccc1)c1ccccc1. The van der Waals surface area contributed by atoms with Crippen LogP contribution in [0.4, 0.5) is 0 Å². The first-order valence-electron chi connectivity index (χ1n) is 8.74. The zero-order valence-electron chi connectivity index (χ0n) is 14.7. The number of rotatable bonds is 9. The van der Waals surface area contributed by atoms with E-state index in [1.54, 1.807) is 0 Å². The molecule has 128 valence electrons. The van der Waals surface area contributed by atoms with E-state index in [0.29, 0.717) is 6.54 Å². The van der Waals surface area contributed by atoms with Gasteiger partial charge in [-0.05, 0) is 37.4 Å². The molecule has 24 heavy (non-hydrogen) atoms. The van der Waals surface area contributed by atoms with Crippen LogP contribution >= 0.6 is 0 Å². The Balaban J connectivity index is 1.97. The Morgan fingerprint density at radius 2 is 1.62 bits per heavy atom. The topological polar surface area (TPSA) is 41.1 Å². The largest absolute Gasteiger partial charge is 0.349 e. The van der Waals surface area contributed by atoms with Gasteiger partial charge in [0.1, 0.15) is 0 Å². The first kappa shape index (κ1) is 18.2. The first-order valence-corrected chi connectivity index (χ1v) is 8.74. The highest BCUT2D eigenvalue weighted by Gasteiger charge is 2.18.